The highest BCUT2D eigenvalue weighted by Gasteiger charge is 2.57. The van der Waals surface area contributed by atoms with Gasteiger partial charge in [-0.05, 0) is 114 Å². The number of phenolic OH excluding ortho intramolecular Hbond substituents is 1. The lowest BCUT2D eigenvalue weighted by molar-refractivity contribution is -0.122. The van der Waals surface area contributed by atoms with Gasteiger partial charge in [0, 0.05) is 17.3 Å². The highest BCUT2D eigenvalue weighted by atomic mass is 127. The van der Waals surface area contributed by atoms with Gasteiger partial charge in [-0.3, -0.25) is 14.5 Å². The molecule has 44 heavy (non-hydrogen) atoms. The number of nitrogens with one attached hydrogen (secondary N) is 1. The van der Waals surface area contributed by atoms with E-state index in [0.29, 0.717) is 34.5 Å². The second-order valence-corrected chi connectivity index (χ2v) is 12.8. The third-order valence-corrected chi connectivity index (χ3v) is 9.69. The Morgan fingerprint density at radius 1 is 1.07 bits per heavy atom. The molecule has 4 atom stereocenters. The minimum absolute atomic E-state index is 0.128. The summed E-state index contributed by atoms with van der Waals surface area (Å²) in [6, 6.07) is 20.8. The van der Waals surface area contributed by atoms with E-state index in [1.807, 2.05) is 48.5 Å². The van der Waals surface area contributed by atoms with Gasteiger partial charge in [0.2, 0.25) is 11.8 Å². The number of aliphatic hydroxyl groups is 1. The molecule has 3 aliphatic rings. The molecule has 0 saturated carbocycles. The quantitative estimate of drug-likeness (QED) is 0.134. The lowest BCUT2D eigenvalue weighted by atomic mass is 9.69. The number of anilines is 3. The summed E-state index contributed by atoms with van der Waals surface area (Å²) in [6.45, 7) is 2.25. The number of aromatic hydroxyl groups is 1. The largest absolute Gasteiger partial charge is 0.504 e. The molecule has 2 fully saturated rings. The molecule has 0 bridgehead atoms. The smallest absolute Gasteiger partial charge is 0.238 e. The van der Waals surface area contributed by atoms with Crippen LogP contribution in [0.5, 0.6) is 11.5 Å². The molecular weight excluding hydrogens is 671 g/mol. The summed E-state index contributed by atoms with van der Waals surface area (Å²) in [5.41, 5.74) is 6.24. The molecule has 3 aromatic rings. The van der Waals surface area contributed by atoms with E-state index in [9.17, 15) is 19.8 Å². The molecule has 3 aromatic carbocycles. The maximum Gasteiger partial charge on any atom is 0.238 e. The normalized spacial score (nSPS) is 23.2. The highest BCUT2D eigenvalue weighted by Crippen LogP contribution is 2.50. The van der Waals surface area contributed by atoms with E-state index in [2.05, 4.69) is 40.9 Å². The van der Waals surface area contributed by atoms with Crippen molar-refractivity contribution in [1.82, 2.24) is 0 Å². The number of carbonyl (C=O) groups is 2. The fourth-order valence-corrected chi connectivity index (χ4v) is 7.43. The van der Waals surface area contributed by atoms with E-state index in [1.54, 1.807) is 18.2 Å². The van der Waals surface area contributed by atoms with Crippen LogP contribution in [-0.4, -0.2) is 48.5 Å². The van der Waals surface area contributed by atoms with Crippen LogP contribution in [0.2, 0.25) is 0 Å². The van der Waals surface area contributed by atoms with Crippen LogP contribution in [0.4, 0.5) is 17.1 Å². The second kappa shape index (κ2) is 12.7. The molecule has 3 N–H and O–H groups in total. The first-order chi connectivity index (χ1) is 21.3. The molecule has 0 spiro atoms. The molecule has 6 rings (SSSR count). The van der Waals surface area contributed by atoms with E-state index >= 15 is 0 Å². The Morgan fingerprint density at radius 2 is 1.80 bits per heavy atom. The number of aliphatic hydroxyl groups excluding tert-OH is 1. The number of amides is 2. The zero-order valence-electron chi connectivity index (χ0n) is 24.6. The second-order valence-electron chi connectivity index (χ2n) is 11.6. The van der Waals surface area contributed by atoms with Crippen LogP contribution in [0.25, 0.3) is 6.08 Å². The number of allylic oxidation sites excluding steroid dienone is 1. The maximum absolute atomic E-state index is 13.9. The van der Waals surface area contributed by atoms with Gasteiger partial charge in [0.25, 0.3) is 0 Å². The zero-order valence-corrected chi connectivity index (χ0v) is 26.8. The number of halogens is 1. The van der Waals surface area contributed by atoms with Crippen LogP contribution in [0.3, 0.4) is 0 Å². The Bertz CT molecular complexity index is 1630. The van der Waals surface area contributed by atoms with Gasteiger partial charge in [0.15, 0.2) is 11.5 Å². The van der Waals surface area contributed by atoms with Gasteiger partial charge in [-0.25, -0.2) is 0 Å². The van der Waals surface area contributed by atoms with Gasteiger partial charge in [0.05, 0.1) is 47.5 Å². The van der Waals surface area contributed by atoms with Gasteiger partial charge in [-0.15, -0.1) is 0 Å². The van der Waals surface area contributed by atoms with Crippen molar-refractivity contribution in [2.75, 3.05) is 30.5 Å². The first kappa shape index (κ1) is 30.4. The number of phenols is 1. The Balaban J connectivity index is 1.17. The van der Waals surface area contributed by atoms with Crippen molar-refractivity contribution in [2.45, 2.75) is 32.3 Å². The van der Waals surface area contributed by atoms with Crippen LogP contribution in [0.15, 0.2) is 83.4 Å². The van der Waals surface area contributed by atoms with Crippen molar-refractivity contribution in [2.24, 2.45) is 17.8 Å². The lowest BCUT2D eigenvalue weighted by Crippen LogP contribution is -2.35. The summed E-state index contributed by atoms with van der Waals surface area (Å²) in [7, 11) is 1.53. The number of benzene rings is 3. The summed E-state index contributed by atoms with van der Waals surface area (Å²) in [6.07, 6.45) is 3.65. The number of methoxy groups -OCH3 is 1. The van der Waals surface area contributed by atoms with Gasteiger partial charge >= 0.3 is 0 Å². The maximum atomic E-state index is 13.9. The van der Waals surface area contributed by atoms with E-state index in [1.165, 1.54) is 12.0 Å². The third kappa shape index (κ3) is 5.76. The number of imide groups is 1. The average Bonchev–Trinajstić information content (AvgIpc) is 3.56. The average molecular weight is 707 g/mol. The number of rotatable bonds is 9. The lowest BCUT2D eigenvalue weighted by Gasteiger charge is -2.31. The predicted octanol–water partition coefficient (Wildman–Crippen LogP) is 6.45. The molecule has 228 valence electrons. The van der Waals surface area contributed by atoms with E-state index in [-0.39, 0.29) is 36.2 Å². The number of fused-ring (bicyclic) bond motifs is 3. The zero-order chi connectivity index (χ0) is 31.0. The Labute approximate surface area is 270 Å². The molecule has 0 unspecified atom stereocenters. The topological polar surface area (TPSA) is 108 Å². The van der Waals surface area contributed by atoms with Crippen LogP contribution >= 0.6 is 22.6 Å². The van der Waals surface area contributed by atoms with Crippen molar-refractivity contribution < 1.29 is 29.3 Å². The molecular formula is C35H35IN2O6. The van der Waals surface area contributed by atoms with Gasteiger partial charge in [-0.1, -0.05) is 29.8 Å². The highest BCUT2D eigenvalue weighted by molar-refractivity contribution is 14.1. The van der Waals surface area contributed by atoms with E-state index < -0.39 is 11.8 Å². The first-order valence-corrected chi connectivity index (χ1v) is 15.8. The standard InChI is InChI=1S/C35H35IN2O6/c1-20(14-21-15-28(36)33(40)30(16-21)43-2)8-13-29-31-22(18-39)17-26-32(27(31)19-44-29)35(42)38(34(26)41)25-11-9-24(10-12-25)37-23-6-4-3-5-7-23/h3-7,9-12,14-16,26-27,29,32,37,39-40H,8,13,17-19H2,1-2H3/b20-14+/t26-,27+,29-,32-/m1/s1. The van der Waals surface area contributed by atoms with Crippen molar-refractivity contribution in [3.8, 4) is 11.5 Å². The third-order valence-electron chi connectivity index (χ3n) is 8.87. The number of nitrogens with zero attached hydrogens (tertiary/aromatic N) is 1. The van der Waals surface area contributed by atoms with Crippen LogP contribution in [0.1, 0.15) is 31.7 Å². The van der Waals surface area contributed by atoms with Crippen molar-refractivity contribution in [3.63, 3.8) is 0 Å². The molecule has 2 heterocycles. The first-order valence-electron chi connectivity index (χ1n) is 14.8. The molecule has 2 amide bonds. The molecule has 0 radical (unpaired) electrons. The molecule has 8 nitrogen and oxygen atoms in total. The molecule has 0 aromatic heterocycles. The Hall–Kier alpha value is -3.67. The monoisotopic (exact) mass is 706 g/mol. The van der Waals surface area contributed by atoms with Crippen LogP contribution in [0, 0.1) is 21.3 Å². The molecule has 2 saturated heterocycles. The fourth-order valence-electron chi connectivity index (χ4n) is 6.80. The Kier molecular flexibility index (Phi) is 8.80. The molecule has 1 aliphatic carbocycles. The van der Waals surface area contributed by atoms with Crippen LogP contribution < -0.4 is 15.0 Å². The minimum Gasteiger partial charge on any atom is -0.504 e. The van der Waals surface area contributed by atoms with Gasteiger partial charge < -0.3 is 25.0 Å². The van der Waals surface area contributed by atoms with Crippen LogP contribution in [-0.2, 0) is 14.3 Å². The summed E-state index contributed by atoms with van der Waals surface area (Å²) in [5.74, 6) is -1.08. The van der Waals surface area contributed by atoms with Crippen molar-refractivity contribution >= 4 is 57.5 Å². The number of carbonyl (C=O) groups excluding carboxylic acids is 2. The van der Waals surface area contributed by atoms with Gasteiger partial charge in [0.1, 0.15) is 0 Å². The summed E-state index contributed by atoms with van der Waals surface area (Å²) in [5, 5.41) is 23.8. The summed E-state index contributed by atoms with van der Waals surface area (Å²) < 4.78 is 12.3. The number of hydrogen-bond acceptors (Lipinski definition) is 7. The summed E-state index contributed by atoms with van der Waals surface area (Å²) >= 11 is 2.08. The predicted molar refractivity (Wildman–Crippen MR) is 178 cm³/mol. The van der Waals surface area contributed by atoms with E-state index in [0.717, 1.165) is 40.1 Å². The number of ether oxygens (including phenoxy) is 2. The minimum atomic E-state index is -0.503. The molecule has 2 aliphatic heterocycles. The number of hydrogen-bond donors (Lipinski definition) is 3. The number of para-hydroxylation sites is 1. The van der Waals surface area contributed by atoms with Gasteiger partial charge in [-0.2, -0.15) is 0 Å². The molecule has 9 heteroatoms. The SMILES string of the molecule is COc1cc(/C=C(\C)CC[C@H]2OC[C@H]3C2=C(CO)C[C@H]2C(=O)N(c4ccc(Nc5ccccc5)cc4)C(=O)[C@H]23)cc(I)c1O. The Morgan fingerprint density at radius 3 is 2.50 bits per heavy atom. The summed E-state index contributed by atoms with van der Waals surface area (Å²) in [4.78, 5) is 28.8. The van der Waals surface area contributed by atoms with Crippen molar-refractivity contribution in [1.29, 1.82) is 0 Å². The fraction of sp³-hybridized carbons (Fsp3) is 0.314. The van der Waals surface area contributed by atoms with E-state index in [4.69, 9.17) is 9.47 Å². The van der Waals surface area contributed by atoms with Crippen molar-refractivity contribution in [3.05, 3.63) is 92.6 Å².